The summed E-state index contributed by atoms with van der Waals surface area (Å²) in [6, 6.07) is 18.0. The maximum Gasteiger partial charge on any atom is 0.335 e. The third-order valence-electron chi connectivity index (χ3n) is 4.58. The number of fused-ring (bicyclic) bond motifs is 2. The van der Waals surface area contributed by atoms with E-state index in [9.17, 15) is 14.5 Å². The minimum absolute atomic E-state index is 0.248. The van der Waals surface area contributed by atoms with Gasteiger partial charge in [0.15, 0.2) is 16.4 Å². The van der Waals surface area contributed by atoms with E-state index in [0.717, 1.165) is 5.56 Å². The Morgan fingerprint density at radius 2 is 1.89 bits per heavy atom. The number of aromatic carboxylic acids is 1. The molecule has 0 saturated carbocycles. The number of carboxylic acid groups (broad SMARTS) is 1. The highest BCUT2D eigenvalue weighted by atomic mass is 32.2. The predicted octanol–water partition coefficient (Wildman–Crippen LogP) is 4.71. The predicted molar refractivity (Wildman–Crippen MR) is 109 cm³/mol. The first-order chi connectivity index (χ1) is 13.5. The van der Waals surface area contributed by atoms with Gasteiger partial charge in [-0.3, -0.25) is 0 Å². The first-order valence-electron chi connectivity index (χ1n) is 8.62. The third kappa shape index (κ3) is 3.17. The van der Waals surface area contributed by atoms with Crippen LogP contribution in [0.2, 0.25) is 0 Å². The third-order valence-corrected chi connectivity index (χ3v) is 5.52. The normalized spacial score (nSPS) is 13.5. The average Bonchev–Trinajstić information content (AvgIpc) is 2.83. The summed E-state index contributed by atoms with van der Waals surface area (Å²) in [6.07, 6.45) is 1.61. The Kier molecular flexibility index (Phi) is 4.66. The van der Waals surface area contributed by atoms with E-state index < -0.39 is 17.1 Å². The number of aliphatic imine (C=N–C) groups is 1. The monoisotopic (exact) mass is 391 g/mol. The molecule has 1 unspecified atom stereocenters. The molecule has 1 aliphatic rings. The number of hydrogen-bond donors (Lipinski definition) is 1. The lowest BCUT2D eigenvalue weighted by atomic mass is 9.97. The van der Waals surface area contributed by atoms with Crippen molar-refractivity contribution in [3.8, 4) is 11.5 Å². The summed E-state index contributed by atoms with van der Waals surface area (Å²) in [7, 11) is 0. The molecule has 0 spiro atoms. The van der Waals surface area contributed by atoms with Crippen LogP contribution in [0.3, 0.4) is 0 Å². The van der Waals surface area contributed by atoms with Crippen molar-refractivity contribution in [3.05, 3.63) is 82.9 Å². The van der Waals surface area contributed by atoms with Gasteiger partial charge >= 0.3 is 5.97 Å². The molecule has 0 radical (unpaired) electrons. The second-order valence-corrected chi connectivity index (χ2v) is 7.80. The number of hydrogen-bond acceptors (Lipinski definition) is 4. The van der Waals surface area contributed by atoms with Crippen LogP contribution in [0, 0.1) is 6.92 Å². The fraction of sp³-hybridized carbons (Fsp3) is 0.0909. The fourth-order valence-electron chi connectivity index (χ4n) is 3.23. The minimum Gasteiger partial charge on any atom is -0.612 e. The highest BCUT2D eigenvalue weighted by Gasteiger charge is 2.26. The summed E-state index contributed by atoms with van der Waals surface area (Å²) < 4.78 is 18.4. The van der Waals surface area contributed by atoms with Gasteiger partial charge in [-0.15, -0.1) is 0 Å². The maximum atomic E-state index is 12.3. The van der Waals surface area contributed by atoms with Crippen molar-refractivity contribution in [2.24, 2.45) is 4.99 Å². The number of rotatable bonds is 3. The first kappa shape index (κ1) is 18.3. The quantitative estimate of drug-likeness (QED) is 0.513. The Morgan fingerprint density at radius 3 is 2.61 bits per heavy atom. The van der Waals surface area contributed by atoms with Gasteiger partial charge in [-0.25, -0.2) is 9.79 Å². The van der Waals surface area contributed by atoms with Crippen molar-refractivity contribution in [2.75, 3.05) is 6.26 Å². The zero-order valence-corrected chi connectivity index (χ0v) is 16.1. The van der Waals surface area contributed by atoms with E-state index in [2.05, 4.69) is 0 Å². The molecule has 140 valence electrons. The molecule has 1 atom stereocenters. The first-order valence-corrected chi connectivity index (χ1v) is 10.2. The van der Waals surface area contributed by atoms with E-state index in [1.165, 1.54) is 0 Å². The molecule has 0 aliphatic carbocycles. The molecular weight excluding hydrogens is 374 g/mol. The Bertz CT molecular complexity index is 1120. The summed E-state index contributed by atoms with van der Waals surface area (Å²) >= 11 is -1.25. The topological polar surface area (TPSA) is 82.0 Å². The molecule has 1 N–H and O–H groups in total. The van der Waals surface area contributed by atoms with Crippen molar-refractivity contribution in [1.29, 1.82) is 0 Å². The number of para-hydroxylation sites is 3. The lowest BCUT2D eigenvalue weighted by molar-refractivity contribution is 0.0696. The number of benzene rings is 3. The van der Waals surface area contributed by atoms with Crippen LogP contribution in [0.15, 0.2) is 70.6 Å². The lowest BCUT2D eigenvalue weighted by Crippen LogP contribution is -2.09. The zero-order valence-electron chi connectivity index (χ0n) is 15.3. The van der Waals surface area contributed by atoms with E-state index in [1.807, 2.05) is 36.4 Å². The van der Waals surface area contributed by atoms with Crippen molar-refractivity contribution in [1.82, 2.24) is 0 Å². The molecule has 0 saturated heterocycles. The van der Waals surface area contributed by atoms with Crippen LogP contribution in [0.4, 0.5) is 5.69 Å². The van der Waals surface area contributed by atoms with Gasteiger partial charge in [0.25, 0.3) is 0 Å². The highest BCUT2D eigenvalue weighted by molar-refractivity contribution is 7.90. The van der Waals surface area contributed by atoms with Gasteiger partial charge in [-0.2, -0.15) is 0 Å². The van der Waals surface area contributed by atoms with Crippen LogP contribution in [0.25, 0.3) is 0 Å². The minimum atomic E-state index is -1.25. The smallest absolute Gasteiger partial charge is 0.335 e. The van der Waals surface area contributed by atoms with Crippen molar-refractivity contribution >= 4 is 28.5 Å². The van der Waals surface area contributed by atoms with Crippen LogP contribution < -0.4 is 4.74 Å². The molecule has 3 aromatic carbocycles. The van der Waals surface area contributed by atoms with Crippen molar-refractivity contribution < 1.29 is 19.2 Å². The number of carboxylic acids is 1. The zero-order chi connectivity index (χ0) is 19.8. The Balaban J connectivity index is 1.99. The van der Waals surface area contributed by atoms with E-state index in [0.29, 0.717) is 38.9 Å². The fourth-order valence-corrected chi connectivity index (χ4v) is 3.91. The molecule has 0 bridgehead atoms. The van der Waals surface area contributed by atoms with Crippen LogP contribution in [0.1, 0.15) is 27.0 Å². The summed E-state index contributed by atoms with van der Waals surface area (Å²) in [4.78, 5) is 16.8. The van der Waals surface area contributed by atoms with Gasteiger partial charge in [0, 0.05) is 11.1 Å². The van der Waals surface area contributed by atoms with Crippen LogP contribution >= 0.6 is 0 Å². The summed E-state index contributed by atoms with van der Waals surface area (Å²) in [5, 5.41) is 9.31. The molecule has 1 aliphatic heterocycles. The molecular formula is C22H17NO4S. The molecule has 5 nitrogen and oxygen atoms in total. The molecule has 0 amide bonds. The SMILES string of the molecule is Cc1cc(C2=Nc3ccccc3Oc3c2cccc3[S+](C)[O-])ccc1C(=O)O. The molecule has 3 aromatic rings. The van der Waals surface area contributed by atoms with E-state index >= 15 is 0 Å². The van der Waals surface area contributed by atoms with Gasteiger partial charge < -0.3 is 14.4 Å². The number of ether oxygens (including phenoxy) is 1. The van der Waals surface area contributed by atoms with Crippen LogP contribution in [-0.4, -0.2) is 27.6 Å². The van der Waals surface area contributed by atoms with Crippen molar-refractivity contribution in [3.63, 3.8) is 0 Å². The molecule has 4 rings (SSSR count). The summed E-state index contributed by atoms with van der Waals surface area (Å²) in [5.74, 6) is 0.118. The second-order valence-electron chi connectivity index (χ2n) is 6.45. The van der Waals surface area contributed by atoms with Crippen LogP contribution in [0.5, 0.6) is 11.5 Å². The van der Waals surface area contributed by atoms with Crippen LogP contribution in [-0.2, 0) is 11.2 Å². The van der Waals surface area contributed by atoms with E-state index in [4.69, 9.17) is 9.73 Å². The van der Waals surface area contributed by atoms with E-state index in [1.54, 1.807) is 37.4 Å². The Morgan fingerprint density at radius 1 is 1.11 bits per heavy atom. The van der Waals surface area contributed by atoms with E-state index in [-0.39, 0.29) is 5.56 Å². The van der Waals surface area contributed by atoms with Gasteiger partial charge in [-0.05, 0) is 60.1 Å². The number of carbonyl (C=O) groups is 1. The largest absolute Gasteiger partial charge is 0.612 e. The Hall–Kier alpha value is -3.09. The maximum absolute atomic E-state index is 12.3. The van der Waals surface area contributed by atoms with Gasteiger partial charge in [0.2, 0.25) is 0 Å². The Labute approximate surface area is 165 Å². The van der Waals surface area contributed by atoms with Crippen molar-refractivity contribution in [2.45, 2.75) is 11.8 Å². The molecule has 0 fully saturated rings. The summed E-state index contributed by atoms with van der Waals surface area (Å²) in [6.45, 7) is 1.76. The number of nitrogens with zero attached hydrogens (tertiary/aromatic N) is 1. The second kappa shape index (κ2) is 7.14. The molecule has 1 heterocycles. The highest BCUT2D eigenvalue weighted by Crippen LogP contribution is 2.41. The molecule has 0 aromatic heterocycles. The van der Waals surface area contributed by atoms with Gasteiger partial charge in [-0.1, -0.05) is 24.3 Å². The lowest BCUT2D eigenvalue weighted by Gasteiger charge is -2.15. The average molecular weight is 391 g/mol. The standard InChI is InChI=1S/C22H17NO4S/c1-13-12-14(10-11-15(13)22(24)25)20-16-6-5-9-19(28(2)26)21(16)27-18-8-4-3-7-17(18)23-20/h3-12H,1-2H3,(H,24,25). The molecule has 6 heteroatoms. The van der Waals surface area contributed by atoms with Gasteiger partial charge in [0.05, 0.1) is 11.3 Å². The summed E-state index contributed by atoms with van der Waals surface area (Å²) in [5.41, 5.74) is 3.67. The number of aryl methyl sites for hydroxylation is 1. The van der Waals surface area contributed by atoms with Gasteiger partial charge in [0.1, 0.15) is 11.9 Å². The molecule has 28 heavy (non-hydrogen) atoms.